The smallest absolute Gasteiger partial charge is 0.191 e. The Kier molecular flexibility index (Phi) is 6.44. The minimum atomic E-state index is -2.94. The first kappa shape index (κ1) is 18.5. The van der Waals surface area contributed by atoms with Gasteiger partial charge in [-0.1, -0.05) is 12.1 Å². The van der Waals surface area contributed by atoms with Crippen LogP contribution in [-0.2, 0) is 9.84 Å². The number of aliphatic imine (C=N–C) groups is 1. The molecule has 24 heavy (non-hydrogen) atoms. The molecule has 1 aliphatic rings. The van der Waals surface area contributed by atoms with Crippen LogP contribution >= 0.6 is 0 Å². The van der Waals surface area contributed by atoms with Crippen LogP contribution in [0, 0.1) is 0 Å². The summed E-state index contributed by atoms with van der Waals surface area (Å²) in [7, 11) is -1.35. The van der Waals surface area contributed by atoms with Crippen LogP contribution in [-0.4, -0.2) is 57.2 Å². The number of ether oxygens (including phenoxy) is 1. The lowest BCUT2D eigenvalue weighted by Gasteiger charge is -2.17. The number of hydrogen-bond acceptors (Lipinski definition) is 5. The van der Waals surface area contributed by atoms with Crippen LogP contribution in [0.15, 0.2) is 29.3 Å². The molecular weight excluding hydrogens is 330 g/mol. The summed E-state index contributed by atoms with van der Waals surface area (Å²) in [4.78, 5) is 4.36. The zero-order valence-electron chi connectivity index (χ0n) is 14.0. The van der Waals surface area contributed by atoms with Crippen molar-refractivity contribution in [2.75, 3.05) is 31.7 Å². The largest absolute Gasteiger partial charge is 0.497 e. The van der Waals surface area contributed by atoms with E-state index in [0.717, 1.165) is 11.3 Å². The molecule has 1 aromatic rings. The number of sulfone groups is 1. The van der Waals surface area contributed by atoms with Crippen LogP contribution in [0.3, 0.4) is 0 Å². The highest BCUT2D eigenvalue weighted by molar-refractivity contribution is 7.91. The number of aliphatic hydroxyl groups excluding tert-OH is 1. The van der Waals surface area contributed by atoms with Gasteiger partial charge in [-0.25, -0.2) is 8.42 Å². The van der Waals surface area contributed by atoms with Crippen molar-refractivity contribution in [2.45, 2.75) is 25.5 Å². The van der Waals surface area contributed by atoms with Gasteiger partial charge in [0.1, 0.15) is 5.75 Å². The van der Waals surface area contributed by atoms with E-state index in [9.17, 15) is 13.5 Å². The van der Waals surface area contributed by atoms with E-state index in [1.54, 1.807) is 31.4 Å². The third-order valence-corrected chi connectivity index (χ3v) is 5.61. The van der Waals surface area contributed by atoms with Gasteiger partial charge in [0, 0.05) is 12.6 Å². The Morgan fingerprint density at radius 2 is 2.12 bits per heavy atom. The van der Waals surface area contributed by atoms with Gasteiger partial charge >= 0.3 is 0 Å². The molecule has 0 aliphatic carbocycles. The maximum atomic E-state index is 11.5. The number of aliphatic hydroxyl groups is 1. The van der Waals surface area contributed by atoms with Crippen LogP contribution in [0.25, 0.3) is 0 Å². The summed E-state index contributed by atoms with van der Waals surface area (Å²) in [6.45, 7) is 2.77. The van der Waals surface area contributed by atoms with E-state index in [1.807, 2.05) is 6.92 Å². The van der Waals surface area contributed by atoms with E-state index in [0.29, 0.717) is 18.9 Å². The predicted molar refractivity (Wildman–Crippen MR) is 94.1 cm³/mol. The quantitative estimate of drug-likeness (QED) is 0.507. The zero-order valence-corrected chi connectivity index (χ0v) is 14.8. The number of guanidine groups is 1. The summed E-state index contributed by atoms with van der Waals surface area (Å²) in [5.41, 5.74) is 0.749. The SMILES string of the molecule is CCNC(=NCC(O)c1ccc(OC)cc1)NC1CCS(=O)(=O)C1. The minimum absolute atomic E-state index is 0.123. The summed E-state index contributed by atoms with van der Waals surface area (Å²) in [5, 5.41) is 16.4. The van der Waals surface area contributed by atoms with Gasteiger partial charge < -0.3 is 20.5 Å². The summed E-state index contributed by atoms with van der Waals surface area (Å²) < 4.78 is 28.2. The van der Waals surface area contributed by atoms with Gasteiger partial charge in [0.2, 0.25) is 0 Å². The molecule has 0 spiro atoms. The standard InChI is InChI=1S/C16H25N3O4S/c1-3-17-16(19-13-8-9-24(21,22)11-13)18-10-15(20)12-4-6-14(23-2)7-5-12/h4-7,13,15,20H,3,8-11H2,1-2H3,(H2,17,18,19). The molecule has 1 aromatic carbocycles. The van der Waals surface area contributed by atoms with Crippen LogP contribution in [0.2, 0.25) is 0 Å². The molecule has 2 unspecified atom stereocenters. The van der Waals surface area contributed by atoms with Gasteiger partial charge in [0.15, 0.2) is 15.8 Å². The average molecular weight is 355 g/mol. The highest BCUT2D eigenvalue weighted by Crippen LogP contribution is 2.18. The topological polar surface area (TPSA) is 100 Å². The molecule has 0 amide bonds. The van der Waals surface area contributed by atoms with Gasteiger partial charge in [0.05, 0.1) is 31.3 Å². The Morgan fingerprint density at radius 1 is 1.42 bits per heavy atom. The molecule has 0 bridgehead atoms. The molecule has 0 radical (unpaired) electrons. The summed E-state index contributed by atoms with van der Waals surface area (Å²) in [6, 6.07) is 7.03. The minimum Gasteiger partial charge on any atom is -0.497 e. The first-order valence-electron chi connectivity index (χ1n) is 8.01. The molecule has 7 nitrogen and oxygen atoms in total. The maximum Gasteiger partial charge on any atom is 0.191 e. The van der Waals surface area contributed by atoms with E-state index < -0.39 is 15.9 Å². The Morgan fingerprint density at radius 3 is 2.67 bits per heavy atom. The lowest BCUT2D eigenvalue weighted by molar-refractivity contribution is 0.187. The van der Waals surface area contributed by atoms with Crippen LogP contribution in [0.5, 0.6) is 5.75 Å². The monoisotopic (exact) mass is 355 g/mol. The van der Waals surface area contributed by atoms with E-state index in [-0.39, 0.29) is 24.1 Å². The molecule has 0 saturated carbocycles. The molecule has 1 aliphatic heterocycles. The predicted octanol–water partition coefficient (Wildman–Crippen LogP) is 0.471. The lowest BCUT2D eigenvalue weighted by Crippen LogP contribution is -2.44. The van der Waals surface area contributed by atoms with Gasteiger partial charge in [-0.05, 0) is 31.0 Å². The average Bonchev–Trinajstić information content (AvgIpc) is 2.91. The van der Waals surface area contributed by atoms with Crippen molar-refractivity contribution in [3.63, 3.8) is 0 Å². The van der Waals surface area contributed by atoms with Crippen LogP contribution in [0.1, 0.15) is 25.0 Å². The molecule has 8 heteroatoms. The molecule has 1 heterocycles. The highest BCUT2D eigenvalue weighted by Gasteiger charge is 2.28. The van der Waals surface area contributed by atoms with Crippen molar-refractivity contribution in [3.8, 4) is 5.75 Å². The summed E-state index contributed by atoms with van der Waals surface area (Å²) in [6.07, 6.45) is -0.160. The Bertz CT molecular complexity index is 658. The number of nitrogens with zero attached hydrogens (tertiary/aromatic N) is 1. The van der Waals surface area contributed by atoms with Crippen LogP contribution < -0.4 is 15.4 Å². The number of nitrogens with one attached hydrogen (secondary N) is 2. The van der Waals surface area contributed by atoms with E-state index in [1.165, 1.54) is 0 Å². The molecule has 1 saturated heterocycles. The molecule has 2 atom stereocenters. The second kappa shape index (κ2) is 8.34. The fraction of sp³-hybridized carbons (Fsp3) is 0.562. The van der Waals surface area contributed by atoms with Crippen molar-refractivity contribution < 1.29 is 18.3 Å². The Balaban J connectivity index is 1.96. The molecule has 3 N–H and O–H groups in total. The second-order valence-corrected chi connectivity index (χ2v) is 7.98. The Labute approximate surface area is 143 Å². The summed E-state index contributed by atoms with van der Waals surface area (Å²) >= 11 is 0. The lowest BCUT2D eigenvalue weighted by atomic mass is 10.1. The molecule has 0 aromatic heterocycles. The van der Waals surface area contributed by atoms with Gasteiger partial charge in [0.25, 0.3) is 0 Å². The van der Waals surface area contributed by atoms with Gasteiger partial charge in [-0.15, -0.1) is 0 Å². The molecule has 1 fully saturated rings. The third kappa shape index (κ3) is 5.38. The number of methoxy groups -OCH3 is 1. The van der Waals surface area contributed by atoms with Gasteiger partial charge in [-0.2, -0.15) is 0 Å². The van der Waals surface area contributed by atoms with Crippen molar-refractivity contribution in [1.29, 1.82) is 0 Å². The first-order valence-corrected chi connectivity index (χ1v) is 9.83. The van der Waals surface area contributed by atoms with Crippen molar-refractivity contribution in [3.05, 3.63) is 29.8 Å². The summed E-state index contributed by atoms with van der Waals surface area (Å²) in [5.74, 6) is 1.58. The fourth-order valence-corrected chi connectivity index (χ4v) is 4.20. The number of benzene rings is 1. The van der Waals surface area contributed by atoms with Crippen molar-refractivity contribution in [2.24, 2.45) is 4.99 Å². The van der Waals surface area contributed by atoms with E-state index in [2.05, 4.69) is 15.6 Å². The number of hydrogen-bond donors (Lipinski definition) is 3. The van der Waals surface area contributed by atoms with Crippen LogP contribution in [0.4, 0.5) is 0 Å². The fourth-order valence-electron chi connectivity index (χ4n) is 2.53. The first-order chi connectivity index (χ1) is 11.4. The van der Waals surface area contributed by atoms with Crippen molar-refractivity contribution >= 4 is 15.8 Å². The van der Waals surface area contributed by atoms with Gasteiger partial charge in [-0.3, -0.25) is 4.99 Å². The normalized spacial score (nSPS) is 21.3. The van der Waals surface area contributed by atoms with Crippen molar-refractivity contribution in [1.82, 2.24) is 10.6 Å². The Hall–Kier alpha value is -1.80. The zero-order chi connectivity index (χ0) is 17.6. The van der Waals surface area contributed by atoms with E-state index >= 15 is 0 Å². The second-order valence-electron chi connectivity index (χ2n) is 5.75. The third-order valence-electron chi connectivity index (χ3n) is 3.84. The highest BCUT2D eigenvalue weighted by atomic mass is 32.2. The van der Waals surface area contributed by atoms with E-state index in [4.69, 9.17) is 4.74 Å². The number of rotatable bonds is 6. The molecule has 134 valence electrons. The maximum absolute atomic E-state index is 11.5. The molecule has 2 rings (SSSR count). The molecular formula is C16H25N3O4S.